The topological polar surface area (TPSA) is 217 Å². The van der Waals surface area contributed by atoms with Crippen LogP contribution in [-0.4, -0.2) is 0 Å². The molecular formula is C6FeK4MnN6O4. The van der Waals surface area contributed by atoms with Crippen LogP contribution < -0.4 is 210 Å². The molecule has 0 amide bonds. The van der Waals surface area contributed by atoms with Crippen molar-refractivity contribution < 1.29 is 251 Å². The summed E-state index contributed by atoms with van der Waals surface area (Å²) in [4.78, 5) is 0. The van der Waals surface area contributed by atoms with Crippen LogP contribution in [0.25, 0.3) is 0 Å². The fourth-order valence-electron chi connectivity index (χ4n) is 0. The summed E-state index contributed by atoms with van der Waals surface area (Å²) in [5, 5.41) is 37.5. The standard InChI is InChI=1S/6CN.Fe.4K.Mn.4O/c6*1-2;;;;;;;;;;/q6*-1;+3;4*+1;;;;;-1. The molecule has 0 spiro atoms. The minimum absolute atomic E-state index is 0. The fourth-order valence-corrected chi connectivity index (χ4v) is 0. The van der Waals surface area contributed by atoms with E-state index in [0.717, 1.165) is 0 Å². The van der Waals surface area contributed by atoms with Gasteiger partial charge in [-0.05, 0) is 0 Å². The van der Waals surface area contributed by atoms with Crippen LogP contribution in [0.15, 0.2) is 0 Å². The Morgan fingerprint density at radius 3 is 0.500 bits per heavy atom. The van der Waals surface area contributed by atoms with E-state index in [1.54, 1.807) is 0 Å². The first kappa shape index (κ1) is 83.1. The molecular weight excluding hydrogens is 487 g/mol. The van der Waals surface area contributed by atoms with Gasteiger partial charge in [0.05, 0.1) is 0 Å². The van der Waals surface area contributed by atoms with E-state index in [0.29, 0.717) is 0 Å². The summed E-state index contributed by atoms with van der Waals surface area (Å²) < 4.78 is 34.3. The zero-order chi connectivity index (χ0) is 16.5. The third kappa shape index (κ3) is 829. The van der Waals surface area contributed by atoms with Crippen molar-refractivity contribution >= 4 is 0 Å². The van der Waals surface area contributed by atoms with Gasteiger partial charge in [0.2, 0.25) is 0 Å². The summed E-state index contributed by atoms with van der Waals surface area (Å²) in [6, 6.07) is 0. The van der Waals surface area contributed by atoms with Gasteiger partial charge in [0.25, 0.3) is 0 Å². The van der Waals surface area contributed by atoms with Crippen LogP contribution in [0.4, 0.5) is 0 Å². The van der Waals surface area contributed by atoms with Crippen molar-refractivity contribution in [2.24, 2.45) is 0 Å². The maximum atomic E-state index is 8.58. The molecule has 0 aliphatic carbocycles. The average molecular weight is 487 g/mol. The summed E-state index contributed by atoms with van der Waals surface area (Å²) in [6.07, 6.45) is 0. The molecule has 0 heterocycles. The molecule has 0 aliphatic rings. The number of nitrogens with zero attached hydrogens (tertiary/aromatic N) is 6. The van der Waals surface area contributed by atoms with E-state index in [9.17, 15) is 0 Å². The second-order valence-corrected chi connectivity index (χ2v) is 1.56. The van der Waals surface area contributed by atoms with Crippen molar-refractivity contribution in [1.82, 2.24) is 0 Å². The third-order valence-corrected chi connectivity index (χ3v) is 0. The molecule has 10 nitrogen and oxygen atoms in total. The van der Waals surface area contributed by atoms with Gasteiger partial charge >= 0.3 is 251 Å². The van der Waals surface area contributed by atoms with Crippen LogP contribution in [0.3, 0.4) is 0 Å². The van der Waals surface area contributed by atoms with Gasteiger partial charge in [-0.1, -0.05) is 0 Å². The van der Waals surface area contributed by atoms with E-state index in [1.165, 1.54) is 0 Å². The molecule has 0 fully saturated rings. The van der Waals surface area contributed by atoms with Crippen LogP contribution in [0.1, 0.15) is 0 Å². The predicted molar refractivity (Wildman–Crippen MR) is 31.9 cm³/mol. The molecule has 0 bridgehead atoms. The van der Waals surface area contributed by atoms with Gasteiger partial charge in [-0.3, -0.25) is 0 Å². The first-order valence-electron chi connectivity index (χ1n) is 1.96. The van der Waals surface area contributed by atoms with Gasteiger partial charge in [0.15, 0.2) is 0 Å². The average Bonchev–Trinajstić information content (AvgIpc) is 2.41. The van der Waals surface area contributed by atoms with Gasteiger partial charge in [0, 0.05) is 0 Å². The molecule has 0 saturated carbocycles. The fraction of sp³-hybridized carbons (Fsp3) is 0. The van der Waals surface area contributed by atoms with Gasteiger partial charge in [-0.25, -0.2) is 0 Å². The Kier molecular flexibility index (Phi) is 549. The third-order valence-electron chi connectivity index (χ3n) is 0. The Morgan fingerprint density at radius 1 is 0.500 bits per heavy atom. The van der Waals surface area contributed by atoms with Crippen LogP contribution in [0.5, 0.6) is 0 Å². The quantitative estimate of drug-likeness (QED) is 0.232. The summed E-state index contributed by atoms with van der Waals surface area (Å²) in [6.45, 7) is 28.5. The molecule has 16 heteroatoms. The number of hydrogen-bond donors (Lipinski definition) is 0. The molecule has 1 radical (unpaired) electrons. The second kappa shape index (κ2) is 145. The summed E-state index contributed by atoms with van der Waals surface area (Å²) >= 11 is -5.62. The molecule has 0 unspecified atom stereocenters. The Labute approximate surface area is 312 Å². The van der Waals surface area contributed by atoms with Gasteiger partial charge in [-0.15, -0.1) is 0 Å². The molecule has 0 aromatic carbocycles. The maximum absolute atomic E-state index is 8.58. The first-order chi connectivity index (χ1) is 8.00. The van der Waals surface area contributed by atoms with E-state index in [4.69, 9.17) is 86.7 Å². The molecule has 0 aromatic rings. The van der Waals surface area contributed by atoms with Gasteiger partial charge in [0.1, 0.15) is 0 Å². The van der Waals surface area contributed by atoms with Crippen molar-refractivity contribution in [3.05, 3.63) is 39.4 Å². The Bertz CT molecular complexity index is 325. The summed E-state index contributed by atoms with van der Waals surface area (Å²) in [5.74, 6) is 0. The normalized spacial score (nSPS) is 3.14. The van der Waals surface area contributed by atoms with Crippen LogP contribution >= 0.6 is 0 Å². The van der Waals surface area contributed by atoms with Crippen molar-refractivity contribution in [2.45, 2.75) is 0 Å². The van der Waals surface area contributed by atoms with Crippen molar-refractivity contribution in [2.75, 3.05) is 0 Å². The molecule has 0 aliphatic heterocycles. The van der Waals surface area contributed by atoms with Crippen LogP contribution in [0.2, 0.25) is 0 Å². The molecule has 22 heavy (non-hydrogen) atoms. The monoisotopic (exact) mass is 487 g/mol. The minimum atomic E-state index is -5.62. The molecule has 0 N–H and O–H groups in total. The first-order valence-corrected chi connectivity index (χ1v) is 3.89. The van der Waals surface area contributed by atoms with E-state index in [2.05, 4.69) is 0 Å². The summed E-state index contributed by atoms with van der Waals surface area (Å²) in [5.41, 5.74) is 0. The Morgan fingerprint density at radius 2 is 0.500 bits per heavy atom. The van der Waals surface area contributed by atoms with Gasteiger partial charge < -0.3 is 71.0 Å². The zero-order valence-corrected chi connectivity index (χ0v) is 26.8. The van der Waals surface area contributed by atoms with Gasteiger partial charge in [-0.2, -0.15) is 0 Å². The molecule has 0 aromatic heterocycles. The molecule has 97 valence electrons. The summed E-state index contributed by atoms with van der Waals surface area (Å²) in [7, 11) is 0. The Hall–Kier alpha value is 3.88. The van der Waals surface area contributed by atoms with E-state index in [1.807, 2.05) is 0 Å². The zero-order valence-electron chi connectivity index (χ0n) is 12.0. The molecule has 0 saturated heterocycles. The number of hydrogen-bond acceptors (Lipinski definition) is 10. The van der Waals surface area contributed by atoms with E-state index < -0.39 is 13.0 Å². The van der Waals surface area contributed by atoms with Crippen LogP contribution in [-0.2, 0) is 41.5 Å². The number of rotatable bonds is 0. The van der Waals surface area contributed by atoms with E-state index >= 15 is 0 Å². The molecule has 0 atom stereocenters. The van der Waals surface area contributed by atoms with Crippen molar-refractivity contribution in [1.29, 1.82) is 31.6 Å². The van der Waals surface area contributed by atoms with E-state index in [-0.39, 0.29) is 223 Å². The predicted octanol–water partition coefficient (Wildman–Crippen LogP) is -13.0. The van der Waals surface area contributed by atoms with Crippen molar-refractivity contribution in [3.63, 3.8) is 0 Å². The SMILES string of the molecule is [C-]#N.[C-]#N.[C-]#N.[C-]#N.[C-]#N.[C-]#N.[Fe+3].[K+].[K+].[K+].[K+].[O]=[Mn](=[O])(=[O])[O-]. The van der Waals surface area contributed by atoms with Crippen LogP contribution in [0, 0.1) is 71.0 Å². The second-order valence-electron chi connectivity index (χ2n) is 0.378. The van der Waals surface area contributed by atoms with Crippen molar-refractivity contribution in [3.8, 4) is 0 Å². The molecule has 0 rings (SSSR count). The Balaban J connectivity index is -0.00000000535.